The number of nitrogens with zero attached hydrogens (tertiary/aromatic N) is 2. The number of allylic oxidation sites excluding steroid dienone is 2. The number of phenols is 2. The fraction of sp³-hybridized carbons (Fsp3) is 0.333. The van der Waals surface area contributed by atoms with E-state index < -0.39 is 0 Å². The van der Waals surface area contributed by atoms with E-state index in [1.165, 1.54) is 0 Å². The number of rotatable bonds is 8. The standard InChI is InChI=1S/C24H30N2O4/c1-5-25(6-2)15-9-11-17(19(27)13-15)21-23(29)22(24(21)30)18-12-10-16(14-20(18)28)26(7-3)8-4/h9-14,27-30H,5-8H2,1-4H3. The minimum atomic E-state index is -0.149. The third-order valence-electron chi connectivity index (χ3n) is 5.71. The van der Waals surface area contributed by atoms with Crippen LogP contribution in [0.3, 0.4) is 0 Å². The van der Waals surface area contributed by atoms with Crippen LogP contribution in [0.2, 0.25) is 0 Å². The summed E-state index contributed by atoms with van der Waals surface area (Å²) in [4.78, 5) is 4.18. The molecule has 0 aromatic heterocycles. The molecule has 0 unspecified atom stereocenters. The number of hydrogen-bond donors (Lipinski definition) is 4. The summed E-state index contributed by atoms with van der Waals surface area (Å²) in [5, 5.41) is 42.3. The van der Waals surface area contributed by atoms with Gasteiger partial charge >= 0.3 is 0 Å². The van der Waals surface area contributed by atoms with Crippen molar-refractivity contribution in [2.45, 2.75) is 27.7 Å². The maximum atomic E-state index is 10.7. The van der Waals surface area contributed by atoms with Crippen molar-refractivity contribution in [1.82, 2.24) is 0 Å². The first kappa shape index (κ1) is 21.4. The molecule has 0 atom stereocenters. The predicted molar refractivity (Wildman–Crippen MR) is 122 cm³/mol. The van der Waals surface area contributed by atoms with Gasteiger partial charge in [-0.15, -0.1) is 0 Å². The Morgan fingerprint density at radius 1 is 0.567 bits per heavy atom. The third kappa shape index (κ3) is 3.54. The Balaban J connectivity index is 1.93. The zero-order chi connectivity index (χ0) is 22.0. The van der Waals surface area contributed by atoms with Gasteiger partial charge < -0.3 is 30.2 Å². The molecule has 0 aliphatic heterocycles. The zero-order valence-electron chi connectivity index (χ0n) is 18.0. The second-order valence-corrected chi connectivity index (χ2v) is 7.19. The number of hydrogen-bond acceptors (Lipinski definition) is 6. The van der Waals surface area contributed by atoms with Crippen molar-refractivity contribution in [2.24, 2.45) is 0 Å². The Kier molecular flexibility index (Phi) is 6.15. The molecule has 1 aliphatic rings. The monoisotopic (exact) mass is 410 g/mol. The van der Waals surface area contributed by atoms with E-state index >= 15 is 0 Å². The van der Waals surface area contributed by atoms with Gasteiger partial charge in [0.15, 0.2) is 0 Å². The van der Waals surface area contributed by atoms with Crippen molar-refractivity contribution in [1.29, 1.82) is 0 Å². The van der Waals surface area contributed by atoms with Gasteiger partial charge in [0.25, 0.3) is 0 Å². The predicted octanol–water partition coefficient (Wildman–Crippen LogP) is 5.04. The number of benzene rings is 2. The van der Waals surface area contributed by atoms with E-state index in [2.05, 4.69) is 9.80 Å². The Morgan fingerprint density at radius 2 is 0.900 bits per heavy atom. The molecule has 30 heavy (non-hydrogen) atoms. The van der Waals surface area contributed by atoms with Gasteiger partial charge in [-0.25, -0.2) is 0 Å². The molecule has 0 saturated heterocycles. The Morgan fingerprint density at radius 3 is 1.17 bits per heavy atom. The van der Waals surface area contributed by atoms with Gasteiger partial charge in [0.1, 0.15) is 23.0 Å². The summed E-state index contributed by atoms with van der Waals surface area (Å²) in [5.74, 6) is -0.339. The topological polar surface area (TPSA) is 87.4 Å². The van der Waals surface area contributed by atoms with Gasteiger partial charge in [0, 0.05) is 60.8 Å². The average Bonchev–Trinajstić information content (AvgIpc) is 2.73. The third-order valence-corrected chi connectivity index (χ3v) is 5.71. The molecule has 0 amide bonds. The molecular formula is C24H30N2O4. The zero-order valence-corrected chi connectivity index (χ0v) is 18.0. The minimum Gasteiger partial charge on any atom is -0.507 e. The average molecular weight is 411 g/mol. The molecular weight excluding hydrogens is 380 g/mol. The highest BCUT2D eigenvalue weighted by Gasteiger charge is 2.34. The molecule has 0 fully saturated rings. The van der Waals surface area contributed by atoms with Gasteiger partial charge in [0.05, 0.1) is 11.1 Å². The van der Waals surface area contributed by atoms with E-state index in [4.69, 9.17) is 0 Å². The van der Waals surface area contributed by atoms with Crippen LogP contribution in [0.4, 0.5) is 11.4 Å². The summed E-state index contributed by atoms with van der Waals surface area (Å²) in [6.07, 6.45) is 0. The molecule has 0 heterocycles. The Labute approximate surface area is 177 Å². The maximum Gasteiger partial charge on any atom is 0.139 e. The molecule has 0 spiro atoms. The van der Waals surface area contributed by atoms with E-state index in [1.54, 1.807) is 24.3 Å². The first-order chi connectivity index (χ1) is 14.4. The lowest BCUT2D eigenvalue weighted by molar-refractivity contribution is 0.386. The largest absolute Gasteiger partial charge is 0.507 e. The van der Waals surface area contributed by atoms with Crippen LogP contribution < -0.4 is 9.80 Å². The normalized spacial score (nSPS) is 13.5. The van der Waals surface area contributed by atoms with Crippen molar-refractivity contribution in [3.05, 3.63) is 59.0 Å². The molecule has 2 aromatic rings. The van der Waals surface area contributed by atoms with Gasteiger partial charge in [-0.3, -0.25) is 0 Å². The Hall–Kier alpha value is -3.28. The van der Waals surface area contributed by atoms with Crippen LogP contribution in [0, 0.1) is 0 Å². The first-order valence-corrected chi connectivity index (χ1v) is 10.4. The quantitative estimate of drug-likeness (QED) is 0.488. The molecule has 6 nitrogen and oxygen atoms in total. The van der Waals surface area contributed by atoms with Gasteiger partial charge in [-0.1, -0.05) is 0 Å². The van der Waals surface area contributed by atoms with Crippen LogP contribution in [0.15, 0.2) is 47.9 Å². The van der Waals surface area contributed by atoms with E-state index in [0.29, 0.717) is 11.1 Å². The highest BCUT2D eigenvalue weighted by Crippen LogP contribution is 2.49. The van der Waals surface area contributed by atoms with Crippen molar-refractivity contribution >= 4 is 22.5 Å². The van der Waals surface area contributed by atoms with Crippen molar-refractivity contribution in [3.8, 4) is 11.5 Å². The molecule has 4 N–H and O–H groups in total. The summed E-state index contributed by atoms with van der Waals surface area (Å²) >= 11 is 0. The maximum absolute atomic E-state index is 10.7. The van der Waals surface area contributed by atoms with E-state index in [0.717, 1.165) is 37.6 Å². The minimum absolute atomic E-state index is 0.0207. The fourth-order valence-electron chi connectivity index (χ4n) is 3.96. The number of aromatic hydroxyl groups is 2. The highest BCUT2D eigenvalue weighted by molar-refractivity contribution is 6.08. The van der Waals surface area contributed by atoms with Gasteiger partial charge in [-0.2, -0.15) is 0 Å². The van der Waals surface area contributed by atoms with E-state index in [1.807, 2.05) is 39.8 Å². The number of anilines is 2. The summed E-state index contributed by atoms with van der Waals surface area (Å²) in [7, 11) is 0. The molecule has 6 heteroatoms. The van der Waals surface area contributed by atoms with E-state index in [9.17, 15) is 20.4 Å². The summed E-state index contributed by atoms with van der Waals surface area (Å²) < 4.78 is 0. The van der Waals surface area contributed by atoms with Crippen LogP contribution in [0.1, 0.15) is 38.8 Å². The van der Waals surface area contributed by atoms with Crippen molar-refractivity contribution in [3.63, 3.8) is 0 Å². The lowest BCUT2D eigenvalue weighted by Crippen LogP contribution is -2.22. The second kappa shape index (κ2) is 8.61. The summed E-state index contributed by atoms with van der Waals surface area (Å²) in [6.45, 7) is 11.4. The fourth-order valence-corrected chi connectivity index (χ4v) is 3.96. The van der Waals surface area contributed by atoms with Crippen LogP contribution in [-0.4, -0.2) is 46.6 Å². The molecule has 0 bridgehead atoms. The first-order valence-electron chi connectivity index (χ1n) is 10.4. The Bertz CT molecular complexity index is 910. The highest BCUT2D eigenvalue weighted by atomic mass is 16.3. The molecule has 1 aliphatic carbocycles. The van der Waals surface area contributed by atoms with Crippen LogP contribution in [0.5, 0.6) is 11.5 Å². The number of aliphatic hydroxyl groups is 2. The van der Waals surface area contributed by atoms with Gasteiger partial charge in [0.2, 0.25) is 0 Å². The van der Waals surface area contributed by atoms with Crippen LogP contribution in [0.25, 0.3) is 11.1 Å². The van der Waals surface area contributed by atoms with Crippen molar-refractivity contribution < 1.29 is 20.4 Å². The van der Waals surface area contributed by atoms with E-state index in [-0.39, 0.29) is 34.2 Å². The van der Waals surface area contributed by atoms with Crippen LogP contribution >= 0.6 is 0 Å². The molecule has 0 saturated carbocycles. The van der Waals surface area contributed by atoms with Crippen molar-refractivity contribution in [2.75, 3.05) is 36.0 Å². The smallest absolute Gasteiger partial charge is 0.139 e. The summed E-state index contributed by atoms with van der Waals surface area (Å²) in [6, 6.07) is 10.3. The van der Waals surface area contributed by atoms with Crippen LogP contribution in [-0.2, 0) is 0 Å². The number of aliphatic hydroxyl groups excluding tert-OH is 2. The SMILES string of the molecule is CCN(CC)c1ccc(C2=C(O)C(c3ccc(N(CC)CC)cc3O)=C2O)c(O)c1. The van der Waals surface area contributed by atoms with Gasteiger partial charge in [-0.05, 0) is 52.0 Å². The molecule has 160 valence electrons. The molecule has 3 rings (SSSR count). The molecule has 2 aromatic carbocycles. The second-order valence-electron chi connectivity index (χ2n) is 7.19. The lowest BCUT2D eigenvalue weighted by Gasteiger charge is -2.27. The number of phenolic OH excluding ortho intramolecular Hbond substituents is 2. The summed E-state index contributed by atoms with van der Waals surface area (Å²) in [5.41, 5.74) is 2.80. The molecule has 0 radical (unpaired) electrons. The lowest BCUT2D eigenvalue weighted by atomic mass is 9.83.